The molecule has 0 saturated heterocycles. The Kier molecular flexibility index (Phi) is 2.13. The molecular weight excluding hydrogens is 196 g/mol. The molecule has 1 aliphatic rings. The zero-order valence-corrected chi connectivity index (χ0v) is 9.33. The molecule has 1 aliphatic heterocycles. The second-order valence-electron chi connectivity index (χ2n) is 4.20. The maximum atomic E-state index is 4.36. The summed E-state index contributed by atoms with van der Waals surface area (Å²) in [6.45, 7) is 3.06. The van der Waals surface area contributed by atoms with Crippen molar-refractivity contribution in [2.24, 2.45) is 0 Å². The van der Waals surface area contributed by atoms with Gasteiger partial charge in [-0.1, -0.05) is 18.2 Å². The molecule has 0 radical (unpaired) electrons. The fourth-order valence-corrected chi connectivity index (χ4v) is 2.24. The van der Waals surface area contributed by atoms with Gasteiger partial charge in [0.25, 0.3) is 0 Å². The molecule has 0 saturated carbocycles. The minimum absolute atomic E-state index is 1.05. The minimum atomic E-state index is 1.05. The van der Waals surface area contributed by atoms with E-state index in [9.17, 15) is 0 Å². The summed E-state index contributed by atoms with van der Waals surface area (Å²) in [6.07, 6.45) is 3.07. The van der Waals surface area contributed by atoms with Gasteiger partial charge in [0.05, 0.1) is 0 Å². The lowest BCUT2D eigenvalue weighted by atomic mass is 9.99. The summed E-state index contributed by atoms with van der Waals surface area (Å²) >= 11 is 0. The first-order chi connectivity index (χ1) is 7.84. The van der Waals surface area contributed by atoms with Crippen molar-refractivity contribution in [1.82, 2.24) is 4.98 Å². The van der Waals surface area contributed by atoms with E-state index < -0.39 is 0 Å². The van der Waals surface area contributed by atoms with Crippen molar-refractivity contribution >= 4 is 5.69 Å². The van der Waals surface area contributed by atoms with Crippen LogP contribution in [0.15, 0.2) is 36.5 Å². The third-order valence-electron chi connectivity index (χ3n) is 3.09. The summed E-state index contributed by atoms with van der Waals surface area (Å²) in [5.41, 5.74) is 6.29. The van der Waals surface area contributed by atoms with E-state index in [2.05, 4.69) is 40.6 Å². The number of aromatic nitrogens is 1. The molecule has 0 aliphatic carbocycles. The van der Waals surface area contributed by atoms with E-state index >= 15 is 0 Å². The van der Waals surface area contributed by atoms with Gasteiger partial charge in [-0.2, -0.15) is 0 Å². The number of benzene rings is 1. The average molecular weight is 210 g/mol. The largest absolute Gasteiger partial charge is 0.384 e. The van der Waals surface area contributed by atoms with Gasteiger partial charge in [-0.15, -0.1) is 0 Å². The summed E-state index contributed by atoms with van der Waals surface area (Å²) in [4.78, 5) is 4.36. The zero-order valence-electron chi connectivity index (χ0n) is 9.33. The van der Waals surface area contributed by atoms with Crippen LogP contribution in [0.5, 0.6) is 0 Å². The lowest BCUT2D eigenvalue weighted by molar-refractivity contribution is 1.11. The Morgan fingerprint density at radius 2 is 2.12 bits per heavy atom. The first kappa shape index (κ1) is 9.40. The monoisotopic (exact) mass is 210 g/mol. The van der Waals surface area contributed by atoms with Gasteiger partial charge in [0.2, 0.25) is 0 Å². The number of pyridine rings is 1. The summed E-state index contributed by atoms with van der Waals surface area (Å²) in [6, 6.07) is 10.6. The molecule has 0 atom stereocenters. The Balaban J connectivity index is 2.13. The third kappa shape index (κ3) is 1.47. The van der Waals surface area contributed by atoms with Gasteiger partial charge in [0.15, 0.2) is 0 Å². The number of hydrogen-bond donors (Lipinski definition) is 1. The van der Waals surface area contributed by atoms with Crippen LogP contribution in [-0.4, -0.2) is 11.5 Å². The number of rotatable bonds is 1. The van der Waals surface area contributed by atoms with Crippen molar-refractivity contribution in [2.75, 3.05) is 11.9 Å². The van der Waals surface area contributed by atoms with E-state index in [-0.39, 0.29) is 0 Å². The smallest absolute Gasteiger partial charge is 0.0379 e. The summed E-state index contributed by atoms with van der Waals surface area (Å²) in [5.74, 6) is 0. The molecule has 2 nitrogen and oxygen atoms in total. The Bertz CT molecular complexity index is 515. The lowest BCUT2D eigenvalue weighted by Crippen LogP contribution is -1.90. The molecule has 1 N–H and O–H groups in total. The van der Waals surface area contributed by atoms with Gasteiger partial charge in [0, 0.05) is 29.7 Å². The van der Waals surface area contributed by atoms with Gasteiger partial charge >= 0.3 is 0 Å². The highest BCUT2D eigenvalue weighted by Crippen LogP contribution is 2.32. The van der Waals surface area contributed by atoms with Gasteiger partial charge in [-0.25, -0.2) is 0 Å². The number of hydrogen-bond acceptors (Lipinski definition) is 2. The third-order valence-corrected chi connectivity index (χ3v) is 3.09. The molecule has 2 heteroatoms. The minimum Gasteiger partial charge on any atom is -0.384 e. The summed E-state index contributed by atoms with van der Waals surface area (Å²) < 4.78 is 0. The number of aryl methyl sites for hydroxylation is 1. The predicted molar refractivity (Wildman–Crippen MR) is 66.6 cm³/mol. The van der Waals surface area contributed by atoms with Gasteiger partial charge in [-0.3, -0.25) is 4.98 Å². The molecule has 80 valence electrons. The highest BCUT2D eigenvalue weighted by Gasteiger charge is 2.14. The van der Waals surface area contributed by atoms with E-state index in [0.717, 1.165) is 18.7 Å². The van der Waals surface area contributed by atoms with E-state index in [0.29, 0.717) is 0 Å². The van der Waals surface area contributed by atoms with Crippen LogP contribution in [0, 0.1) is 6.92 Å². The van der Waals surface area contributed by atoms with E-state index in [4.69, 9.17) is 0 Å². The van der Waals surface area contributed by atoms with Crippen LogP contribution in [0.3, 0.4) is 0 Å². The quantitative estimate of drug-likeness (QED) is 0.782. The van der Waals surface area contributed by atoms with Crippen LogP contribution >= 0.6 is 0 Å². The maximum Gasteiger partial charge on any atom is 0.0379 e. The zero-order chi connectivity index (χ0) is 11.0. The maximum absolute atomic E-state index is 4.36. The van der Waals surface area contributed by atoms with Crippen LogP contribution in [0.4, 0.5) is 5.69 Å². The SMILES string of the molecule is Cc1ccc(-c2cccc3c2CCN3)cn1. The molecule has 1 aromatic carbocycles. The van der Waals surface area contributed by atoms with Crippen molar-refractivity contribution in [2.45, 2.75) is 13.3 Å². The van der Waals surface area contributed by atoms with Crippen molar-refractivity contribution in [3.05, 3.63) is 47.8 Å². The van der Waals surface area contributed by atoms with E-state index in [1.54, 1.807) is 0 Å². The van der Waals surface area contributed by atoms with Crippen molar-refractivity contribution in [3.63, 3.8) is 0 Å². The molecule has 0 bridgehead atoms. The highest BCUT2D eigenvalue weighted by molar-refractivity contribution is 5.75. The number of nitrogens with one attached hydrogen (secondary N) is 1. The molecule has 0 unspecified atom stereocenters. The highest BCUT2D eigenvalue weighted by atomic mass is 14.9. The fraction of sp³-hybridized carbons (Fsp3) is 0.214. The van der Waals surface area contributed by atoms with Crippen LogP contribution in [-0.2, 0) is 6.42 Å². The molecule has 3 rings (SSSR count). The number of nitrogens with zero attached hydrogens (tertiary/aromatic N) is 1. The Hall–Kier alpha value is -1.83. The van der Waals surface area contributed by atoms with Crippen molar-refractivity contribution < 1.29 is 0 Å². The molecular formula is C14H14N2. The first-order valence-corrected chi connectivity index (χ1v) is 5.63. The molecule has 0 spiro atoms. The summed E-state index contributed by atoms with van der Waals surface area (Å²) in [7, 11) is 0. The van der Waals surface area contributed by atoms with E-state index in [1.165, 1.54) is 22.4 Å². The van der Waals surface area contributed by atoms with Crippen molar-refractivity contribution in [3.8, 4) is 11.1 Å². The van der Waals surface area contributed by atoms with E-state index in [1.807, 2.05) is 13.1 Å². The molecule has 1 aromatic heterocycles. The predicted octanol–water partition coefficient (Wildman–Crippen LogP) is 3.03. The molecule has 2 aromatic rings. The number of anilines is 1. The normalized spacial score (nSPS) is 13.3. The van der Waals surface area contributed by atoms with Gasteiger partial charge in [0.1, 0.15) is 0 Å². The van der Waals surface area contributed by atoms with Crippen LogP contribution in [0.25, 0.3) is 11.1 Å². The summed E-state index contributed by atoms with van der Waals surface area (Å²) in [5, 5.41) is 3.40. The van der Waals surface area contributed by atoms with Crippen LogP contribution in [0.1, 0.15) is 11.3 Å². The molecule has 2 heterocycles. The average Bonchev–Trinajstić information content (AvgIpc) is 2.78. The first-order valence-electron chi connectivity index (χ1n) is 5.63. The van der Waals surface area contributed by atoms with Gasteiger partial charge in [-0.05, 0) is 36.6 Å². The number of fused-ring (bicyclic) bond motifs is 1. The Morgan fingerprint density at radius 1 is 1.19 bits per heavy atom. The van der Waals surface area contributed by atoms with Gasteiger partial charge < -0.3 is 5.32 Å². The molecule has 16 heavy (non-hydrogen) atoms. The second kappa shape index (κ2) is 3.63. The Morgan fingerprint density at radius 3 is 2.94 bits per heavy atom. The van der Waals surface area contributed by atoms with Crippen molar-refractivity contribution in [1.29, 1.82) is 0 Å². The fourth-order valence-electron chi connectivity index (χ4n) is 2.24. The van der Waals surface area contributed by atoms with Crippen LogP contribution in [0.2, 0.25) is 0 Å². The van der Waals surface area contributed by atoms with Crippen LogP contribution < -0.4 is 5.32 Å². The molecule has 0 fully saturated rings. The topological polar surface area (TPSA) is 24.9 Å². The molecule has 0 amide bonds. The Labute approximate surface area is 95.3 Å². The second-order valence-corrected chi connectivity index (χ2v) is 4.20. The lowest BCUT2D eigenvalue weighted by Gasteiger charge is -2.07. The standard InChI is InChI=1S/C14H14N2/c1-10-5-6-11(9-16-10)12-3-2-4-14-13(12)7-8-15-14/h2-6,9,15H,7-8H2,1H3.